The predicted molar refractivity (Wildman–Crippen MR) is 143 cm³/mol. The van der Waals surface area contributed by atoms with Crippen LogP contribution in [0.15, 0.2) is 59.7 Å². The van der Waals surface area contributed by atoms with Gasteiger partial charge in [-0.1, -0.05) is 0 Å². The van der Waals surface area contributed by atoms with Crippen LogP contribution >= 0.6 is 8.60 Å². The van der Waals surface area contributed by atoms with Gasteiger partial charge in [0.05, 0.1) is 27.2 Å². The van der Waals surface area contributed by atoms with Gasteiger partial charge in [0.2, 0.25) is 12.9 Å². The fourth-order valence-electron chi connectivity index (χ4n) is 3.81. The second-order valence-corrected chi connectivity index (χ2v) is 9.38. The molecule has 2 aromatic carbocycles. The van der Waals surface area contributed by atoms with Crippen LogP contribution in [0.4, 0.5) is 19.1 Å². The molecule has 0 saturated carbocycles. The Bertz CT molecular complexity index is 1410. The number of halogens is 3. The number of nitrogens with two attached hydrogens (primary N) is 1. The number of hydrogen-bond donors (Lipinski definition) is 2. The third-order valence-corrected chi connectivity index (χ3v) is 6.83. The van der Waals surface area contributed by atoms with Crippen LogP contribution < -0.4 is 29.8 Å². The molecule has 0 spiro atoms. The van der Waals surface area contributed by atoms with Gasteiger partial charge < -0.3 is 29.0 Å². The summed E-state index contributed by atoms with van der Waals surface area (Å²) in [6.07, 6.45) is -1.67. The van der Waals surface area contributed by atoms with E-state index in [-0.39, 0.29) is 30.1 Å². The zero-order chi connectivity index (χ0) is 29.4. The first-order valence-electron chi connectivity index (χ1n) is 12.1. The number of H-pyrrole nitrogens is 1. The highest BCUT2D eigenvalue weighted by molar-refractivity contribution is 7.42. The molecule has 0 aliphatic carbocycles. The van der Waals surface area contributed by atoms with E-state index in [1.807, 2.05) is 0 Å². The van der Waals surface area contributed by atoms with Gasteiger partial charge in [-0.3, -0.25) is 18.9 Å². The first-order chi connectivity index (χ1) is 19.8. The van der Waals surface area contributed by atoms with Crippen molar-refractivity contribution in [2.24, 2.45) is 0 Å². The van der Waals surface area contributed by atoms with Crippen LogP contribution in [0.25, 0.3) is 11.2 Å². The second kappa shape index (κ2) is 14.0. The number of imidazole rings is 1. The van der Waals surface area contributed by atoms with Crippen molar-refractivity contribution < 1.29 is 41.0 Å². The van der Waals surface area contributed by atoms with Crippen molar-refractivity contribution in [3.63, 3.8) is 0 Å². The SMILES string of the molecule is COc1ccc(OP(OCC2OC(n3cnc4c(=O)[nH]c(N)nc43)CC2F)Oc2ccc(OC)cc2)cc1.FCF. The third kappa shape index (κ3) is 7.57. The van der Waals surface area contributed by atoms with Crippen molar-refractivity contribution in [3.8, 4) is 23.0 Å². The van der Waals surface area contributed by atoms with Gasteiger partial charge in [-0.2, -0.15) is 4.98 Å². The number of anilines is 1. The average Bonchev–Trinajstić information content (AvgIpc) is 3.56. The molecular weight excluding hydrogens is 570 g/mol. The monoisotopic (exact) mass is 597 g/mol. The van der Waals surface area contributed by atoms with E-state index in [2.05, 4.69) is 15.0 Å². The summed E-state index contributed by atoms with van der Waals surface area (Å²) in [5, 5.41) is 0. The van der Waals surface area contributed by atoms with Gasteiger partial charge in [0.15, 0.2) is 11.2 Å². The van der Waals surface area contributed by atoms with Gasteiger partial charge in [-0.25, -0.2) is 18.2 Å². The van der Waals surface area contributed by atoms with Crippen molar-refractivity contribution in [1.29, 1.82) is 0 Å². The second-order valence-electron chi connectivity index (χ2n) is 8.31. The first-order valence-corrected chi connectivity index (χ1v) is 13.2. The molecule has 0 amide bonds. The Balaban J connectivity index is 0.00000124. The molecule has 3 heterocycles. The smallest absolute Gasteiger partial charge is 0.463 e. The zero-order valence-corrected chi connectivity index (χ0v) is 22.8. The van der Waals surface area contributed by atoms with E-state index in [0.717, 1.165) is 0 Å². The molecule has 41 heavy (non-hydrogen) atoms. The van der Waals surface area contributed by atoms with E-state index in [0.29, 0.717) is 23.0 Å². The van der Waals surface area contributed by atoms with Crippen LogP contribution in [0, 0.1) is 0 Å². The van der Waals surface area contributed by atoms with Gasteiger partial charge in [0.1, 0.15) is 41.5 Å². The molecule has 12 nitrogen and oxygen atoms in total. The molecule has 3 N–H and O–H groups in total. The number of ether oxygens (including phenoxy) is 3. The summed E-state index contributed by atoms with van der Waals surface area (Å²) in [4.78, 5) is 22.6. The normalized spacial score (nSPS) is 18.1. The number of hydrogen-bond acceptors (Lipinski definition) is 10. The highest BCUT2D eigenvalue weighted by Crippen LogP contribution is 2.43. The van der Waals surface area contributed by atoms with Gasteiger partial charge in [-0.05, 0) is 48.5 Å². The highest BCUT2D eigenvalue weighted by atomic mass is 31.2. The lowest BCUT2D eigenvalue weighted by molar-refractivity contribution is -0.0283. The minimum absolute atomic E-state index is 0.00443. The molecule has 3 atom stereocenters. The number of nitrogens with zero attached hydrogens (tertiary/aromatic N) is 3. The van der Waals surface area contributed by atoms with Crippen molar-refractivity contribution in [2.75, 3.05) is 33.5 Å². The number of fused-ring (bicyclic) bond motifs is 1. The first kappa shape index (κ1) is 29.9. The van der Waals surface area contributed by atoms with Gasteiger partial charge in [0, 0.05) is 6.42 Å². The minimum atomic E-state index is -1.99. The van der Waals surface area contributed by atoms with E-state index in [1.54, 1.807) is 62.8 Å². The topological polar surface area (TPSA) is 145 Å². The summed E-state index contributed by atoms with van der Waals surface area (Å²) in [5.74, 6) is 2.21. The zero-order valence-electron chi connectivity index (χ0n) is 21.9. The summed E-state index contributed by atoms with van der Waals surface area (Å²) in [5.41, 5.74) is 5.47. The molecule has 0 radical (unpaired) electrons. The Morgan fingerprint density at radius 2 is 1.56 bits per heavy atom. The number of benzene rings is 2. The Kier molecular flexibility index (Phi) is 10.2. The summed E-state index contributed by atoms with van der Waals surface area (Å²) < 4.78 is 69.8. The fraction of sp³-hybridized carbons (Fsp3) is 0.320. The standard InChI is InChI=1S/C24H25FN5O7P.CH2F2/c1-32-14-3-7-16(8-4-14)36-38(37-17-9-5-15(33-2)6-10-17)34-12-19-18(25)11-20(35-19)30-13-27-21-22(30)28-24(26)29-23(21)31;2-1-3/h3-10,13,18-20H,11-12H2,1-2H3,(H3,26,28,29,31);1H2. The van der Waals surface area contributed by atoms with Crippen LogP contribution in [-0.4, -0.2) is 59.5 Å². The summed E-state index contributed by atoms with van der Waals surface area (Å²) in [6.45, 7) is -1.90. The number of aromatic amines is 1. The molecular formula is C25H27F3N5O7P. The Morgan fingerprint density at radius 3 is 2.10 bits per heavy atom. The molecule has 1 saturated heterocycles. The van der Waals surface area contributed by atoms with Crippen LogP contribution in [0.3, 0.4) is 0 Å². The predicted octanol–water partition coefficient (Wildman–Crippen LogP) is 4.63. The van der Waals surface area contributed by atoms with Crippen LogP contribution in [0.2, 0.25) is 0 Å². The maximum atomic E-state index is 15.0. The van der Waals surface area contributed by atoms with E-state index < -0.39 is 39.6 Å². The maximum absolute atomic E-state index is 15.0. The maximum Gasteiger partial charge on any atom is 0.463 e. The highest BCUT2D eigenvalue weighted by Gasteiger charge is 2.38. The minimum Gasteiger partial charge on any atom is -0.497 e. The summed E-state index contributed by atoms with van der Waals surface area (Å²) in [7, 11) is 1.14. The lowest BCUT2D eigenvalue weighted by atomic mass is 10.2. The summed E-state index contributed by atoms with van der Waals surface area (Å²) in [6, 6.07) is 13.8. The lowest BCUT2D eigenvalue weighted by Crippen LogP contribution is -2.23. The largest absolute Gasteiger partial charge is 0.497 e. The van der Waals surface area contributed by atoms with E-state index in [1.165, 1.54) is 10.9 Å². The Labute approximate surface area is 233 Å². The molecule has 5 rings (SSSR count). The quantitative estimate of drug-likeness (QED) is 0.248. The van der Waals surface area contributed by atoms with Crippen molar-refractivity contribution >= 4 is 25.7 Å². The molecule has 16 heteroatoms. The molecule has 0 bridgehead atoms. The van der Waals surface area contributed by atoms with Gasteiger partial charge >= 0.3 is 8.60 Å². The molecule has 220 valence electrons. The molecule has 1 fully saturated rings. The number of nitrogen functional groups attached to an aromatic ring is 1. The molecule has 2 aromatic heterocycles. The molecule has 3 unspecified atom stereocenters. The Morgan fingerprint density at radius 1 is 1.02 bits per heavy atom. The van der Waals surface area contributed by atoms with Crippen LogP contribution in [-0.2, 0) is 9.26 Å². The third-order valence-electron chi connectivity index (χ3n) is 5.75. The Hall–Kier alpha value is -4.07. The number of alkyl halides is 3. The van der Waals surface area contributed by atoms with Crippen LogP contribution in [0.1, 0.15) is 12.6 Å². The number of methoxy groups -OCH3 is 2. The summed E-state index contributed by atoms with van der Waals surface area (Å²) >= 11 is 0. The molecule has 1 aliphatic heterocycles. The number of aromatic nitrogens is 4. The number of nitrogens with one attached hydrogen (secondary N) is 1. The molecule has 4 aromatic rings. The van der Waals surface area contributed by atoms with E-state index in [4.69, 9.17) is 33.5 Å². The van der Waals surface area contributed by atoms with Gasteiger partial charge in [0.25, 0.3) is 5.56 Å². The van der Waals surface area contributed by atoms with Crippen molar-refractivity contribution in [1.82, 2.24) is 19.5 Å². The lowest BCUT2D eigenvalue weighted by Gasteiger charge is -2.20. The average molecular weight is 597 g/mol. The van der Waals surface area contributed by atoms with E-state index >= 15 is 4.39 Å². The van der Waals surface area contributed by atoms with Crippen LogP contribution in [0.5, 0.6) is 23.0 Å². The molecule has 1 aliphatic rings. The van der Waals surface area contributed by atoms with Crippen molar-refractivity contribution in [2.45, 2.75) is 24.9 Å². The number of rotatable bonds is 10. The van der Waals surface area contributed by atoms with Crippen molar-refractivity contribution in [3.05, 3.63) is 65.2 Å². The fourth-order valence-corrected chi connectivity index (χ4v) is 4.81. The van der Waals surface area contributed by atoms with E-state index in [9.17, 15) is 13.6 Å². The van der Waals surface area contributed by atoms with Gasteiger partial charge in [-0.15, -0.1) is 0 Å².